The monoisotopic (exact) mass is 481 g/mol. The van der Waals surface area contributed by atoms with Crippen molar-refractivity contribution < 1.29 is 14.2 Å². The van der Waals surface area contributed by atoms with Crippen LogP contribution in [-0.4, -0.2) is 34.9 Å². The second-order valence-electron chi connectivity index (χ2n) is 9.02. The van der Waals surface area contributed by atoms with Gasteiger partial charge in [0.05, 0.1) is 14.2 Å². The third kappa shape index (κ3) is 5.55. The number of ether oxygens (including phenoxy) is 3. The van der Waals surface area contributed by atoms with Gasteiger partial charge >= 0.3 is 0 Å². The quantitative estimate of drug-likeness (QED) is 0.176. The van der Waals surface area contributed by atoms with E-state index in [1.807, 2.05) is 24.3 Å². The summed E-state index contributed by atoms with van der Waals surface area (Å²) in [5, 5.41) is 0. The molecule has 186 valence electrons. The van der Waals surface area contributed by atoms with Crippen LogP contribution in [0.2, 0.25) is 0 Å². The van der Waals surface area contributed by atoms with E-state index < -0.39 is 5.60 Å². The maximum absolute atomic E-state index is 6.99. The van der Waals surface area contributed by atoms with Gasteiger partial charge in [-0.3, -0.25) is 0 Å². The normalized spacial score (nSPS) is 11.2. The van der Waals surface area contributed by atoms with E-state index in [0.717, 1.165) is 46.7 Å². The van der Waals surface area contributed by atoms with Crippen LogP contribution >= 0.6 is 0 Å². The second-order valence-corrected chi connectivity index (χ2v) is 9.02. The summed E-state index contributed by atoms with van der Waals surface area (Å²) < 4.78 is 17.9. The van der Waals surface area contributed by atoms with Crippen LogP contribution in [0.3, 0.4) is 0 Å². The Morgan fingerprint density at radius 3 is 1.75 bits per heavy atom. The van der Waals surface area contributed by atoms with Gasteiger partial charge in [0.1, 0.15) is 17.1 Å². The minimum atomic E-state index is -0.804. The molecule has 0 aliphatic heterocycles. The van der Waals surface area contributed by atoms with Crippen molar-refractivity contribution >= 4 is 5.69 Å². The molecular weight excluding hydrogens is 446 g/mol. The van der Waals surface area contributed by atoms with Gasteiger partial charge < -0.3 is 19.1 Å². The first-order chi connectivity index (χ1) is 17.6. The SMILES string of the molecule is COc1ccc(C(OCCCc2ccccc2)(c2ccc(OC)cc2)c2cccc(N(C)C)c2)cc1. The topological polar surface area (TPSA) is 30.9 Å². The van der Waals surface area contributed by atoms with Crippen molar-refractivity contribution in [2.24, 2.45) is 0 Å². The number of methoxy groups -OCH3 is 2. The summed E-state index contributed by atoms with van der Waals surface area (Å²) in [5.41, 5.74) is 4.79. The molecule has 0 atom stereocenters. The average Bonchev–Trinajstić information content (AvgIpc) is 2.94. The minimum absolute atomic E-state index is 0.596. The van der Waals surface area contributed by atoms with Crippen LogP contribution in [0.1, 0.15) is 28.7 Å². The van der Waals surface area contributed by atoms with Crippen molar-refractivity contribution in [3.63, 3.8) is 0 Å². The molecule has 36 heavy (non-hydrogen) atoms. The van der Waals surface area contributed by atoms with Crippen molar-refractivity contribution in [1.29, 1.82) is 0 Å². The van der Waals surface area contributed by atoms with Crippen molar-refractivity contribution in [3.8, 4) is 11.5 Å². The van der Waals surface area contributed by atoms with Gasteiger partial charge in [0.25, 0.3) is 0 Å². The van der Waals surface area contributed by atoms with Crippen LogP contribution < -0.4 is 14.4 Å². The molecule has 4 aromatic rings. The first-order valence-electron chi connectivity index (χ1n) is 12.3. The fourth-order valence-corrected chi connectivity index (χ4v) is 4.55. The molecule has 0 amide bonds. The van der Waals surface area contributed by atoms with E-state index in [1.54, 1.807) is 14.2 Å². The number of rotatable bonds is 11. The predicted octanol–water partition coefficient (Wildman–Crippen LogP) is 6.71. The van der Waals surface area contributed by atoms with Crippen molar-refractivity contribution in [2.75, 3.05) is 39.8 Å². The van der Waals surface area contributed by atoms with E-state index in [1.165, 1.54) is 5.56 Å². The summed E-state index contributed by atoms with van der Waals surface area (Å²) in [6, 6.07) is 35.5. The molecular formula is C32H35NO3. The second kappa shape index (κ2) is 11.8. The molecule has 0 spiro atoms. The van der Waals surface area contributed by atoms with Crippen LogP contribution in [0.25, 0.3) is 0 Å². The van der Waals surface area contributed by atoms with Gasteiger partial charge in [-0.25, -0.2) is 0 Å². The zero-order chi connectivity index (χ0) is 25.4. The Morgan fingerprint density at radius 1 is 0.639 bits per heavy atom. The smallest absolute Gasteiger partial charge is 0.143 e. The average molecular weight is 482 g/mol. The number of benzene rings is 4. The number of hydrogen-bond acceptors (Lipinski definition) is 4. The molecule has 4 aromatic carbocycles. The summed E-state index contributed by atoms with van der Waals surface area (Å²) >= 11 is 0. The molecule has 4 rings (SSSR count). The Kier molecular flexibility index (Phi) is 8.29. The molecule has 0 N–H and O–H groups in total. The van der Waals surface area contributed by atoms with E-state index >= 15 is 0 Å². The molecule has 0 radical (unpaired) electrons. The van der Waals surface area contributed by atoms with Crippen LogP contribution in [0, 0.1) is 0 Å². The fraction of sp³-hybridized carbons (Fsp3) is 0.250. The number of nitrogens with zero attached hydrogens (tertiary/aromatic N) is 1. The number of anilines is 1. The maximum atomic E-state index is 6.99. The van der Waals surface area contributed by atoms with Gasteiger partial charge in [-0.1, -0.05) is 66.7 Å². The molecule has 0 bridgehead atoms. The summed E-state index contributed by atoms with van der Waals surface area (Å²) in [4.78, 5) is 2.12. The summed E-state index contributed by atoms with van der Waals surface area (Å²) in [5.74, 6) is 1.63. The predicted molar refractivity (Wildman–Crippen MR) is 147 cm³/mol. The Balaban J connectivity index is 1.81. The van der Waals surface area contributed by atoms with Crippen LogP contribution in [-0.2, 0) is 16.8 Å². The molecule has 0 fully saturated rings. The van der Waals surface area contributed by atoms with E-state index in [0.29, 0.717) is 6.61 Å². The summed E-state index contributed by atoms with van der Waals surface area (Å²) in [6.45, 7) is 0.596. The third-order valence-corrected chi connectivity index (χ3v) is 6.53. The molecule has 0 aliphatic carbocycles. The summed E-state index contributed by atoms with van der Waals surface area (Å²) in [7, 11) is 7.49. The zero-order valence-electron chi connectivity index (χ0n) is 21.6. The fourth-order valence-electron chi connectivity index (χ4n) is 4.55. The van der Waals surface area contributed by atoms with Gasteiger partial charge in [-0.2, -0.15) is 0 Å². The lowest BCUT2D eigenvalue weighted by atomic mass is 9.79. The van der Waals surface area contributed by atoms with Crippen molar-refractivity contribution in [2.45, 2.75) is 18.4 Å². The molecule has 0 saturated heterocycles. The van der Waals surface area contributed by atoms with Crippen LogP contribution in [0.5, 0.6) is 11.5 Å². The van der Waals surface area contributed by atoms with Gasteiger partial charge in [0, 0.05) is 26.4 Å². The highest BCUT2D eigenvalue weighted by Crippen LogP contribution is 2.42. The molecule has 4 nitrogen and oxygen atoms in total. The zero-order valence-corrected chi connectivity index (χ0v) is 21.6. The third-order valence-electron chi connectivity index (χ3n) is 6.53. The molecule has 0 heterocycles. The minimum Gasteiger partial charge on any atom is -0.497 e. The van der Waals surface area contributed by atoms with E-state index in [9.17, 15) is 0 Å². The first kappa shape index (κ1) is 25.3. The van der Waals surface area contributed by atoms with E-state index in [4.69, 9.17) is 14.2 Å². The molecule has 0 aromatic heterocycles. The van der Waals surface area contributed by atoms with Crippen molar-refractivity contribution in [1.82, 2.24) is 0 Å². The Labute approximate surface area is 215 Å². The standard InChI is InChI=1S/C32H35NO3/c1-33(2)29-14-8-13-28(24-29)32(26-15-19-30(34-3)20-16-26,27-17-21-31(35-4)22-18-27)36-23-9-12-25-10-6-5-7-11-25/h5-8,10-11,13-22,24H,9,12,23H2,1-4H3. The molecule has 0 unspecified atom stereocenters. The Bertz CT molecular complexity index is 1170. The lowest BCUT2D eigenvalue weighted by molar-refractivity contribution is 0.0116. The number of aryl methyl sites for hydroxylation is 1. The number of hydrogen-bond donors (Lipinski definition) is 0. The van der Waals surface area contributed by atoms with Gasteiger partial charge in [0.15, 0.2) is 0 Å². The Morgan fingerprint density at radius 2 is 1.22 bits per heavy atom. The van der Waals surface area contributed by atoms with E-state index in [2.05, 4.69) is 97.9 Å². The first-order valence-corrected chi connectivity index (χ1v) is 12.3. The lowest BCUT2D eigenvalue weighted by Crippen LogP contribution is -2.33. The highest BCUT2D eigenvalue weighted by Gasteiger charge is 2.38. The lowest BCUT2D eigenvalue weighted by Gasteiger charge is -2.36. The van der Waals surface area contributed by atoms with Gasteiger partial charge in [-0.15, -0.1) is 0 Å². The molecule has 4 heteroatoms. The molecule has 0 aliphatic rings. The highest BCUT2D eigenvalue weighted by molar-refractivity contribution is 5.55. The van der Waals surface area contributed by atoms with Gasteiger partial charge in [0.2, 0.25) is 0 Å². The largest absolute Gasteiger partial charge is 0.497 e. The van der Waals surface area contributed by atoms with Crippen LogP contribution in [0.4, 0.5) is 5.69 Å². The molecule has 0 saturated carbocycles. The highest BCUT2D eigenvalue weighted by atomic mass is 16.5. The van der Waals surface area contributed by atoms with Crippen LogP contribution in [0.15, 0.2) is 103 Å². The van der Waals surface area contributed by atoms with E-state index in [-0.39, 0.29) is 0 Å². The van der Waals surface area contributed by atoms with Gasteiger partial charge in [-0.05, 0) is 71.5 Å². The Hall–Kier alpha value is -3.76. The summed E-state index contributed by atoms with van der Waals surface area (Å²) in [6.07, 6.45) is 1.87. The maximum Gasteiger partial charge on any atom is 0.143 e. The van der Waals surface area contributed by atoms with Crippen molar-refractivity contribution in [3.05, 3.63) is 125 Å².